The summed E-state index contributed by atoms with van der Waals surface area (Å²) >= 11 is 0. The number of fused-ring (bicyclic) bond motifs is 1. The number of hydrogen-bond acceptors (Lipinski definition) is 8. The lowest BCUT2D eigenvalue weighted by atomic mass is 9.70. The molecule has 0 bridgehead atoms. The van der Waals surface area contributed by atoms with Gasteiger partial charge in [-0.05, 0) is 69.0 Å². The van der Waals surface area contributed by atoms with Crippen molar-refractivity contribution in [2.45, 2.75) is 57.3 Å². The van der Waals surface area contributed by atoms with E-state index in [0.29, 0.717) is 41.2 Å². The van der Waals surface area contributed by atoms with Crippen LogP contribution in [0.4, 0.5) is 5.82 Å². The number of Topliss-reactive ketones (excluding diaryl/α,β-unsaturated/α-hetero) is 1. The molecular weight excluding hydrogens is 492 g/mol. The van der Waals surface area contributed by atoms with E-state index in [1.807, 2.05) is 26.8 Å². The fourth-order valence-corrected chi connectivity index (χ4v) is 5.45. The minimum atomic E-state index is -3.29. The Morgan fingerprint density at radius 3 is 2.46 bits per heavy atom. The predicted molar refractivity (Wildman–Crippen MR) is 139 cm³/mol. The molecule has 4 rings (SSSR count). The van der Waals surface area contributed by atoms with Crippen molar-refractivity contribution in [3.63, 3.8) is 0 Å². The van der Waals surface area contributed by atoms with Crippen molar-refractivity contribution in [3.05, 3.63) is 70.2 Å². The highest BCUT2D eigenvalue weighted by molar-refractivity contribution is 7.91. The van der Waals surface area contributed by atoms with Crippen LogP contribution in [0.3, 0.4) is 0 Å². The summed E-state index contributed by atoms with van der Waals surface area (Å²) in [5.41, 5.74) is 3.09. The first-order valence-electron chi connectivity index (χ1n) is 12.0. The van der Waals surface area contributed by atoms with E-state index in [-0.39, 0.29) is 34.8 Å². The number of hydrogen-bond donors (Lipinski definition) is 1. The molecule has 0 saturated carbocycles. The van der Waals surface area contributed by atoms with Crippen molar-refractivity contribution >= 4 is 27.3 Å². The first-order valence-corrected chi connectivity index (χ1v) is 13.7. The summed E-state index contributed by atoms with van der Waals surface area (Å²) in [6.45, 7) is 7.14. The highest BCUT2D eigenvalue weighted by atomic mass is 32.2. The van der Waals surface area contributed by atoms with Gasteiger partial charge in [0.1, 0.15) is 5.82 Å². The Morgan fingerprint density at radius 1 is 1.11 bits per heavy atom. The lowest BCUT2D eigenvalue weighted by molar-refractivity contribution is -0.115. The Labute approximate surface area is 216 Å². The summed E-state index contributed by atoms with van der Waals surface area (Å²) in [5, 5.41) is 2.81. The second kappa shape index (κ2) is 10.0. The number of carbonyl (C=O) groups is 2. The van der Waals surface area contributed by atoms with E-state index in [4.69, 9.17) is 4.74 Å². The first kappa shape index (κ1) is 26.4. The molecule has 10 heteroatoms. The van der Waals surface area contributed by atoms with Crippen LogP contribution < -0.4 is 10.1 Å². The van der Waals surface area contributed by atoms with Crippen LogP contribution in [0.15, 0.2) is 41.3 Å². The summed E-state index contributed by atoms with van der Waals surface area (Å²) in [6, 6.07) is 10.0. The molecule has 9 nitrogen and oxygen atoms in total. The van der Waals surface area contributed by atoms with E-state index < -0.39 is 15.3 Å². The Morgan fingerprint density at radius 2 is 1.81 bits per heavy atom. The molecule has 1 unspecified atom stereocenters. The van der Waals surface area contributed by atoms with Gasteiger partial charge in [0.05, 0.1) is 41.0 Å². The average molecular weight is 523 g/mol. The second-order valence-electron chi connectivity index (χ2n) is 9.46. The van der Waals surface area contributed by atoms with E-state index in [9.17, 15) is 18.0 Å². The molecular formula is C27H30N4O5S. The Bertz CT molecular complexity index is 1490. The number of rotatable bonds is 7. The Balaban J connectivity index is 1.53. The van der Waals surface area contributed by atoms with Gasteiger partial charge in [0.2, 0.25) is 5.91 Å². The molecule has 0 radical (unpaired) electrons. The van der Waals surface area contributed by atoms with Crippen molar-refractivity contribution in [2.24, 2.45) is 0 Å². The van der Waals surface area contributed by atoms with Gasteiger partial charge in [-0.3, -0.25) is 9.59 Å². The smallest absolute Gasteiger partial charge is 0.316 e. The van der Waals surface area contributed by atoms with Crippen LogP contribution in [0.25, 0.3) is 0 Å². The number of ether oxygens (including phenoxy) is 1. The van der Waals surface area contributed by atoms with Crippen LogP contribution in [0.2, 0.25) is 0 Å². The summed E-state index contributed by atoms with van der Waals surface area (Å²) < 4.78 is 29.2. The summed E-state index contributed by atoms with van der Waals surface area (Å²) in [6.07, 6.45) is 1.12. The maximum atomic E-state index is 13.7. The van der Waals surface area contributed by atoms with Gasteiger partial charge in [0.15, 0.2) is 15.6 Å². The normalized spacial score (nSPS) is 17.3. The molecule has 2 heterocycles. The number of methoxy groups -OCH3 is 1. The number of aryl methyl sites for hydroxylation is 3. The van der Waals surface area contributed by atoms with Crippen LogP contribution in [-0.2, 0) is 32.9 Å². The lowest BCUT2D eigenvalue weighted by Gasteiger charge is -2.33. The van der Waals surface area contributed by atoms with E-state index in [1.54, 1.807) is 25.1 Å². The number of benzene rings is 1. The number of sulfone groups is 1. The molecule has 0 fully saturated rings. The van der Waals surface area contributed by atoms with Gasteiger partial charge in [-0.15, -0.1) is 0 Å². The quantitative estimate of drug-likeness (QED) is 0.499. The zero-order chi connectivity index (χ0) is 27.0. The van der Waals surface area contributed by atoms with Gasteiger partial charge in [0, 0.05) is 11.3 Å². The topological polar surface area (TPSA) is 128 Å². The number of amides is 1. The molecule has 0 aliphatic heterocycles. The summed E-state index contributed by atoms with van der Waals surface area (Å²) in [4.78, 5) is 39.9. The van der Waals surface area contributed by atoms with Crippen molar-refractivity contribution in [1.82, 2.24) is 15.0 Å². The molecule has 1 amide bonds. The predicted octanol–water partition coefficient (Wildman–Crippen LogP) is 3.56. The number of ketones is 1. The van der Waals surface area contributed by atoms with E-state index in [2.05, 4.69) is 20.3 Å². The van der Waals surface area contributed by atoms with E-state index >= 15 is 0 Å². The zero-order valence-electron chi connectivity index (χ0n) is 21.6. The number of nitrogens with zero attached hydrogens (tertiary/aromatic N) is 3. The molecule has 2 aromatic heterocycles. The molecule has 1 aliphatic carbocycles. The molecule has 3 aromatic rings. The second-order valence-corrected chi connectivity index (χ2v) is 11.7. The van der Waals surface area contributed by atoms with Gasteiger partial charge < -0.3 is 10.1 Å². The number of aromatic nitrogens is 3. The average Bonchev–Trinajstić information content (AvgIpc) is 2.86. The van der Waals surface area contributed by atoms with Gasteiger partial charge in [-0.1, -0.05) is 19.1 Å². The van der Waals surface area contributed by atoms with Gasteiger partial charge in [-0.25, -0.2) is 18.4 Å². The Hall–Kier alpha value is -3.66. The lowest BCUT2D eigenvalue weighted by Crippen LogP contribution is -2.39. The van der Waals surface area contributed by atoms with Gasteiger partial charge >= 0.3 is 6.01 Å². The highest BCUT2D eigenvalue weighted by Crippen LogP contribution is 2.39. The van der Waals surface area contributed by atoms with Crippen LogP contribution >= 0.6 is 0 Å². The van der Waals surface area contributed by atoms with Crippen molar-refractivity contribution in [3.8, 4) is 6.01 Å². The molecule has 1 aromatic carbocycles. The summed E-state index contributed by atoms with van der Waals surface area (Å²) in [5.74, 6) is 0.0415. The maximum Gasteiger partial charge on any atom is 0.316 e. The minimum absolute atomic E-state index is 0.0186. The van der Waals surface area contributed by atoms with Crippen molar-refractivity contribution < 1.29 is 22.7 Å². The van der Waals surface area contributed by atoms with Gasteiger partial charge in [-0.2, -0.15) is 4.98 Å². The van der Waals surface area contributed by atoms with Gasteiger partial charge in [0.25, 0.3) is 0 Å². The monoisotopic (exact) mass is 522 g/mol. The van der Waals surface area contributed by atoms with Crippen molar-refractivity contribution in [2.75, 3.05) is 18.2 Å². The highest BCUT2D eigenvalue weighted by Gasteiger charge is 2.43. The molecule has 1 N–H and O–H groups in total. The Kier molecular flexibility index (Phi) is 7.14. The number of anilines is 1. The molecule has 1 atom stereocenters. The zero-order valence-corrected chi connectivity index (χ0v) is 22.4. The molecule has 0 spiro atoms. The molecule has 0 saturated heterocycles. The number of nitrogens with one attached hydrogen (secondary N) is 1. The van der Waals surface area contributed by atoms with Crippen molar-refractivity contribution in [1.29, 1.82) is 0 Å². The molecule has 1 aliphatic rings. The van der Waals surface area contributed by atoms with Crippen LogP contribution in [0.1, 0.15) is 58.8 Å². The molecule has 37 heavy (non-hydrogen) atoms. The fraction of sp³-hybridized carbons (Fsp3) is 0.370. The largest absolute Gasteiger partial charge is 0.467 e. The molecule has 194 valence electrons. The van der Waals surface area contributed by atoms with Crippen LogP contribution in [0, 0.1) is 13.8 Å². The van der Waals surface area contributed by atoms with E-state index in [0.717, 1.165) is 11.3 Å². The van der Waals surface area contributed by atoms with Crippen LogP contribution in [0.5, 0.6) is 6.01 Å². The minimum Gasteiger partial charge on any atom is -0.467 e. The van der Waals surface area contributed by atoms with Crippen LogP contribution in [-0.4, -0.2) is 47.9 Å². The fourth-order valence-electron chi connectivity index (χ4n) is 4.56. The number of carbonyl (C=O) groups excluding carboxylic acids is 2. The third-order valence-corrected chi connectivity index (χ3v) is 8.51. The third-order valence-electron chi connectivity index (χ3n) is 6.76. The SMILES string of the molecule is CCS(=O)(=O)c1ccc(CC(=O)Nc2cc(C)c3c(n2)CCC(C)(c2cc(C)nc(OC)n2)C3=O)cc1. The third kappa shape index (κ3) is 5.24. The standard InChI is InChI=1S/C27H30N4O5S/c1-6-37(34,35)19-9-7-18(8-10-19)15-23(32)31-22-13-16(2)24-20(29-22)11-12-27(4,25(24)33)21-14-17(3)28-26(30-21)36-5/h7-10,13-14H,6,11-12,15H2,1-5H3,(H,29,31,32). The summed E-state index contributed by atoms with van der Waals surface area (Å²) in [7, 11) is -1.80. The van der Waals surface area contributed by atoms with E-state index in [1.165, 1.54) is 19.2 Å². The number of pyridine rings is 1. The maximum absolute atomic E-state index is 13.7. The first-order chi connectivity index (χ1) is 17.5.